The summed E-state index contributed by atoms with van der Waals surface area (Å²) in [6, 6.07) is 6.94. The van der Waals surface area contributed by atoms with Gasteiger partial charge < -0.3 is 10.5 Å². The molecule has 0 aliphatic carbocycles. The highest BCUT2D eigenvalue weighted by molar-refractivity contribution is 7.80. The lowest BCUT2D eigenvalue weighted by molar-refractivity contribution is -0.606. The van der Waals surface area contributed by atoms with E-state index in [1.165, 1.54) is 17.4 Å². The summed E-state index contributed by atoms with van der Waals surface area (Å²) >= 11 is 11.0. The fourth-order valence-corrected chi connectivity index (χ4v) is 1.78. The quantitative estimate of drug-likeness (QED) is 0.372. The monoisotopic (exact) mass is 337 g/mol. The molecule has 2 N–H and O–H groups in total. The van der Waals surface area contributed by atoms with Crippen LogP contribution in [-0.4, -0.2) is 28.1 Å². The highest BCUT2D eigenvalue weighted by atomic mass is 35.5. The standard InChI is InChI=1S/C13H12ClN5O2S/c1-18(13(22)16-10-4-2-9(14)3-5-10)17-12(20)11-8-19(21)7-6-15-11/h2-8H,1H3,(H,16,22)(H,17,20). The number of aromatic nitrogens is 2. The fourth-order valence-electron chi connectivity index (χ4n) is 1.49. The van der Waals surface area contributed by atoms with Crippen LogP contribution in [0.4, 0.5) is 5.69 Å². The van der Waals surface area contributed by atoms with E-state index in [1.54, 1.807) is 31.3 Å². The van der Waals surface area contributed by atoms with E-state index < -0.39 is 5.91 Å². The van der Waals surface area contributed by atoms with Crippen LogP contribution in [0.15, 0.2) is 42.9 Å². The van der Waals surface area contributed by atoms with E-state index in [-0.39, 0.29) is 10.8 Å². The van der Waals surface area contributed by atoms with Gasteiger partial charge in [0.2, 0.25) is 6.20 Å². The maximum absolute atomic E-state index is 11.9. The highest BCUT2D eigenvalue weighted by Gasteiger charge is 2.14. The molecule has 9 heteroatoms. The summed E-state index contributed by atoms with van der Waals surface area (Å²) in [6.45, 7) is 0. The molecule has 1 aromatic heterocycles. The number of hydrogen-bond donors (Lipinski definition) is 2. The Balaban J connectivity index is 1.96. The molecule has 1 amide bonds. The molecule has 0 saturated heterocycles. The third kappa shape index (κ3) is 4.27. The Bertz CT molecular complexity index is 695. The molecule has 0 spiro atoms. The Hall–Kier alpha value is -2.45. The molecule has 0 unspecified atom stereocenters. The third-order valence-electron chi connectivity index (χ3n) is 2.58. The molecule has 1 heterocycles. The summed E-state index contributed by atoms with van der Waals surface area (Å²) in [5, 5.41) is 16.2. The van der Waals surface area contributed by atoms with Crippen molar-refractivity contribution in [1.82, 2.24) is 15.4 Å². The van der Waals surface area contributed by atoms with Gasteiger partial charge in [-0.05, 0) is 36.5 Å². The summed E-state index contributed by atoms with van der Waals surface area (Å²) in [5.74, 6) is -0.548. The Labute approximate surface area is 137 Å². The van der Waals surface area contributed by atoms with Crippen LogP contribution in [0.1, 0.15) is 10.5 Å². The van der Waals surface area contributed by atoms with Crippen molar-refractivity contribution in [3.8, 4) is 0 Å². The zero-order valence-electron chi connectivity index (χ0n) is 11.5. The Morgan fingerprint density at radius 1 is 1.41 bits per heavy atom. The smallest absolute Gasteiger partial charge is 0.294 e. The summed E-state index contributed by atoms with van der Waals surface area (Å²) in [7, 11) is 1.57. The van der Waals surface area contributed by atoms with Gasteiger partial charge in [-0.2, -0.15) is 4.73 Å². The second-order valence-electron chi connectivity index (χ2n) is 4.24. The van der Waals surface area contributed by atoms with Gasteiger partial charge in [-0.3, -0.25) is 15.2 Å². The van der Waals surface area contributed by atoms with Gasteiger partial charge in [-0.15, -0.1) is 0 Å². The zero-order chi connectivity index (χ0) is 16.1. The number of carbonyl (C=O) groups is 1. The van der Waals surface area contributed by atoms with Crippen molar-refractivity contribution in [1.29, 1.82) is 0 Å². The lowest BCUT2D eigenvalue weighted by Crippen LogP contribution is -2.46. The number of nitrogens with one attached hydrogen (secondary N) is 2. The molecule has 0 aliphatic heterocycles. The molecule has 0 fully saturated rings. The van der Waals surface area contributed by atoms with Crippen molar-refractivity contribution < 1.29 is 9.52 Å². The van der Waals surface area contributed by atoms with Crippen molar-refractivity contribution in [2.45, 2.75) is 0 Å². The van der Waals surface area contributed by atoms with E-state index >= 15 is 0 Å². The average molecular weight is 338 g/mol. The van der Waals surface area contributed by atoms with Gasteiger partial charge >= 0.3 is 0 Å². The van der Waals surface area contributed by atoms with Crippen LogP contribution in [-0.2, 0) is 0 Å². The first-order chi connectivity index (χ1) is 10.5. The first kappa shape index (κ1) is 15.9. The Morgan fingerprint density at radius 3 is 2.73 bits per heavy atom. The first-order valence-electron chi connectivity index (χ1n) is 6.12. The maximum Gasteiger partial charge on any atom is 0.294 e. The number of amides is 1. The van der Waals surface area contributed by atoms with Gasteiger partial charge in [-0.1, -0.05) is 11.6 Å². The van der Waals surface area contributed by atoms with Crippen molar-refractivity contribution in [3.63, 3.8) is 0 Å². The number of thiocarbonyl (C=S) groups is 1. The summed E-state index contributed by atoms with van der Waals surface area (Å²) in [6.07, 6.45) is 3.50. The van der Waals surface area contributed by atoms with E-state index in [9.17, 15) is 10.0 Å². The Kier molecular flexibility index (Phi) is 5.08. The summed E-state index contributed by atoms with van der Waals surface area (Å²) in [5.41, 5.74) is 3.22. The highest BCUT2D eigenvalue weighted by Crippen LogP contribution is 2.13. The predicted molar refractivity (Wildman–Crippen MR) is 86.1 cm³/mol. The van der Waals surface area contributed by atoms with E-state index in [4.69, 9.17) is 23.8 Å². The number of nitrogens with zero attached hydrogens (tertiary/aromatic N) is 3. The zero-order valence-corrected chi connectivity index (χ0v) is 13.1. The largest absolute Gasteiger partial charge is 0.619 e. The summed E-state index contributed by atoms with van der Waals surface area (Å²) in [4.78, 5) is 15.7. The number of hydrogen-bond acceptors (Lipinski definition) is 4. The van der Waals surface area contributed by atoms with Gasteiger partial charge in [-0.25, -0.2) is 4.98 Å². The molecular formula is C13H12ClN5O2S. The first-order valence-corrected chi connectivity index (χ1v) is 6.90. The Morgan fingerprint density at radius 2 is 2.09 bits per heavy atom. The van der Waals surface area contributed by atoms with Gasteiger partial charge in [0.1, 0.15) is 0 Å². The molecule has 7 nitrogen and oxygen atoms in total. The number of carbonyl (C=O) groups excluding carboxylic acids is 1. The molecule has 0 aliphatic rings. The third-order valence-corrected chi connectivity index (χ3v) is 3.21. The van der Waals surface area contributed by atoms with Gasteiger partial charge in [0.25, 0.3) is 5.91 Å². The van der Waals surface area contributed by atoms with Crippen molar-refractivity contribution in [3.05, 3.63) is 58.8 Å². The minimum Gasteiger partial charge on any atom is -0.619 e. The number of halogens is 1. The van der Waals surface area contributed by atoms with E-state index in [2.05, 4.69) is 15.7 Å². The van der Waals surface area contributed by atoms with Gasteiger partial charge in [0.15, 0.2) is 17.0 Å². The number of rotatable bonds is 2. The van der Waals surface area contributed by atoms with Crippen LogP contribution in [0.25, 0.3) is 0 Å². The molecule has 0 saturated carbocycles. The number of benzene rings is 1. The minimum absolute atomic E-state index is 0.0151. The average Bonchev–Trinajstić information content (AvgIpc) is 2.49. The lowest BCUT2D eigenvalue weighted by Gasteiger charge is -2.21. The second-order valence-corrected chi connectivity index (χ2v) is 5.06. The van der Waals surface area contributed by atoms with Crippen molar-refractivity contribution in [2.24, 2.45) is 0 Å². The number of hydrazine groups is 1. The lowest BCUT2D eigenvalue weighted by atomic mass is 10.3. The van der Waals surface area contributed by atoms with Crippen LogP contribution in [0.2, 0.25) is 5.02 Å². The molecular weight excluding hydrogens is 326 g/mol. The molecule has 2 rings (SSSR count). The predicted octanol–water partition coefficient (Wildman–Crippen LogP) is 1.34. The molecule has 0 atom stereocenters. The van der Waals surface area contributed by atoms with Crippen LogP contribution in [0.5, 0.6) is 0 Å². The topological polar surface area (TPSA) is 84.2 Å². The molecule has 2 aromatic rings. The molecule has 0 bridgehead atoms. The van der Waals surface area contributed by atoms with Gasteiger partial charge in [0, 0.05) is 17.8 Å². The van der Waals surface area contributed by atoms with Crippen LogP contribution in [0.3, 0.4) is 0 Å². The van der Waals surface area contributed by atoms with Crippen LogP contribution in [0, 0.1) is 5.21 Å². The van der Waals surface area contributed by atoms with E-state index in [0.717, 1.165) is 11.9 Å². The maximum atomic E-state index is 11.9. The van der Waals surface area contributed by atoms with Crippen LogP contribution >= 0.6 is 23.8 Å². The van der Waals surface area contributed by atoms with Gasteiger partial charge in [0.05, 0.1) is 6.20 Å². The molecule has 22 heavy (non-hydrogen) atoms. The van der Waals surface area contributed by atoms with Crippen molar-refractivity contribution >= 4 is 40.5 Å². The van der Waals surface area contributed by atoms with E-state index in [0.29, 0.717) is 9.75 Å². The molecule has 1 aromatic carbocycles. The molecule has 0 radical (unpaired) electrons. The van der Waals surface area contributed by atoms with E-state index in [1.807, 2.05) is 0 Å². The SMILES string of the molecule is CN(NC(=O)c1c[n+]([O-])ccn1)C(=S)Nc1ccc(Cl)cc1. The van der Waals surface area contributed by atoms with Crippen LogP contribution < -0.4 is 15.5 Å². The fraction of sp³-hybridized carbons (Fsp3) is 0.0769. The summed E-state index contributed by atoms with van der Waals surface area (Å²) < 4.78 is 0.492. The normalized spacial score (nSPS) is 9.91. The minimum atomic E-state index is -0.548. The second kappa shape index (κ2) is 7.01. The molecule has 114 valence electrons. The van der Waals surface area contributed by atoms with Crippen molar-refractivity contribution in [2.75, 3.05) is 12.4 Å². The number of anilines is 1.